The maximum Gasteiger partial charge on any atom is 1.00 e. The van der Waals surface area contributed by atoms with E-state index in [1.807, 2.05) is 0 Å². The molecule has 0 N–H and O–H groups in total. The first kappa shape index (κ1) is 25.9. The van der Waals surface area contributed by atoms with Gasteiger partial charge >= 0.3 is 17.1 Å². The quantitative estimate of drug-likeness (QED) is 0.108. The molecular weight excluding hydrogens is 569 g/mol. The predicted molar refractivity (Wildman–Crippen MR) is 172 cm³/mol. The second-order valence-electron chi connectivity index (χ2n) is 10.4. The van der Waals surface area contributed by atoms with E-state index in [1.165, 1.54) is 10.6 Å². The van der Waals surface area contributed by atoms with Crippen molar-refractivity contribution in [3.05, 3.63) is 138 Å². The molecule has 0 fully saturated rings. The van der Waals surface area contributed by atoms with Crippen molar-refractivity contribution in [1.82, 2.24) is 9.97 Å². The summed E-state index contributed by atoms with van der Waals surface area (Å²) < 4.78 is 0. The first-order valence-electron chi connectivity index (χ1n) is 13.8. The number of para-hydroxylation sites is 2. The van der Waals surface area contributed by atoms with Crippen LogP contribution in [0.5, 0.6) is 0 Å². The maximum absolute atomic E-state index is 5.32. The fraction of sp³-hybridized carbons (Fsp3) is 0.0556. The number of fused-ring (bicyclic) bond motifs is 5. The van der Waals surface area contributed by atoms with Gasteiger partial charge in [-0.25, -0.2) is 4.98 Å². The van der Waals surface area contributed by atoms with Crippen LogP contribution in [-0.4, -0.2) is 16.1 Å². The van der Waals surface area contributed by atoms with E-state index < -0.39 is 7.92 Å². The third-order valence-corrected chi connectivity index (χ3v) is 10.8. The minimum atomic E-state index is -1.13. The first-order valence-corrected chi connectivity index (χ1v) is 15.5. The van der Waals surface area contributed by atoms with E-state index in [0.717, 1.165) is 73.5 Å². The Morgan fingerprint density at radius 3 is 2.02 bits per heavy atom. The predicted octanol–water partition coefficient (Wildman–Crippen LogP) is 8.66. The third kappa shape index (κ3) is 4.59. The largest absolute Gasteiger partial charge is 1.00 e. The van der Waals surface area contributed by atoms with Crippen molar-refractivity contribution in [2.75, 3.05) is 6.16 Å². The van der Waals surface area contributed by atoms with Crippen molar-refractivity contribution in [1.29, 1.82) is 0 Å². The summed E-state index contributed by atoms with van der Waals surface area (Å²) in [5, 5.41) is 12.6. The Morgan fingerprint density at radius 2 is 1.20 bits per heavy atom. The van der Waals surface area contributed by atoms with Gasteiger partial charge in [-0.3, -0.25) is 4.98 Å². The van der Waals surface area contributed by atoms with Crippen molar-refractivity contribution >= 4 is 62.5 Å². The maximum atomic E-state index is 5.32. The molecule has 3 heterocycles. The summed E-state index contributed by atoms with van der Waals surface area (Å²) in [5.41, 5.74) is 7.09. The zero-order valence-corrected chi connectivity index (χ0v) is 24.1. The molecule has 200 valence electrons. The molecule has 0 amide bonds. The Labute approximate surface area is 250 Å². The van der Waals surface area contributed by atoms with Gasteiger partial charge in [0.1, 0.15) is 0 Å². The number of nitrogens with zero attached hydrogens (tertiary/aromatic N) is 3. The van der Waals surface area contributed by atoms with Gasteiger partial charge in [-0.1, -0.05) is 103 Å². The average Bonchev–Trinajstić information content (AvgIpc) is 3.02. The molecule has 2 aromatic heterocycles. The number of rotatable bonds is 1. The normalized spacial score (nSPS) is 14.4. The number of pyridine rings is 2. The van der Waals surface area contributed by atoms with Crippen LogP contribution >= 0.6 is 7.92 Å². The van der Waals surface area contributed by atoms with Crippen molar-refractivity contribution in [2.45, 2.75) is 6.42 Å². The summed E-state index contributed by atoms with van der Waals surface area (Å²) in [6.45, 7) is 0. The van der Waals surface area contributed by atoms with Gasteiger partial charge in [-0.2, -0.15) is 0 Å². The second-order valence-corrected chi connectivity index (χ2v) is 12.9. The van der Waals surface area contributed by atoms with E-state index in [4.69, 9.17) is 15.3 Å². The molecule has 1 atom stereocenters. The summed E-state index contributed by atoms with van der Waals surface area (Å²) >= 11 is 0. The van der Waals surface area contributed by atoms with Crippen molar-refractivity contribution in [3.63, 3.8) is 0 Å². The molecule has 3 nitrogen and oxygen atoms in total. The summed E-state index contributed by atoms with van der Waals surface area (Å²) in [7, 11) is -1.13. The Hall–Kier alpha value is -4.07. The van der Waals surface area contributed by atoms with Crippen LogP contribution in [0.25, 0.3) is 49.2 Å². The van der Waals surface area contributed by atoms with E-state index in [0.29, 0.717) is 0 Å². The van der Waals surface area contributed by atoms with Crippen LogP contribution in [0.15, 0.2) is 127 Å². The fourth-order valence-corrected chi connectivity index (χ4v) is 8.69. The van der Waals surface area contributed by atoms with Gasteiger partial charge in [-0.05, 0) is 41.3 Å². The second kappa shape index (κ2) is 10.7. The minimum absolute atomic E-state index is 0. The molecule has 1 aliphatic heterocycles. The molecule has 4 bridgehead atoms. The zero-order chi connectivity index (χ0) is 26.5. The number of aromatic nitrogens is 2. The topological polar surface area (TPSA) is 39.9 Å². The SMILES string of the molecule is [Cu+].c1ccc([PH+]2CCc3ccc4ccc5ccc6ccc(nc6c5c4n3)-c3ccccc3[N-]c3ccccc32)cc1. The van der Waals surface area contributed by atoms with Gasteiger partial charge in [0.15, 0.2) is 0 Å². The van der Waals surface area contributed by atoms with E-state index in [1.54, 1.807) is 0 Å². The van der Waals surface area contributed by atoms with Gasteiger partial charge < -0.3 is 5.32 Å². The molecule has 0 saturated heterocycles. The molecule has 0 spiro atoms. The molecule has 5 aromatic carbocycles. The van der Waals surface area contributed by atoms with Crippen molar-refractivity contribution < 1.29 is 17.1 Å². The summed E-state index contributed by atoms with van der Waals surface area (Å²) in [6, 6.07) is 45.5. The molecule has 0 radical (unpaired) electrons. The first-order chi connectivity index (χ1) is 19.8. The van der Waals surface area contributed by atoms with Gasteiger partial charge in [0.2, 0.25) is 0 Å². The summed E-state index contributed by atoms with van der Waals surface area (Å²) in [6.07, 6.45) is 1.94. The number of aryl methyl sites for hydroxylation is 1. The smallest absolute Gasteiger partial charge is 0.654 e. The Balaban J connectivity index is 0.00000276. The van der Waals surface area contributed by atoms with E-state index in [2.05, 4.69) is 127 Å². The summed E-state index contributed by atoms with van der Waals surface area (Å²) in [5.74, 6) is 0. The van der Waals surface area contributed by atoms with Crippen LogP contribution in [0.4, 0.5) is 11.4 Å². The van der Waals surface area contributed by atoms with Crippen LogP contribution in [0.2, 0.25) is 0 Å². The van der Waals surface area contributed by atoms with Crippen LogP contribution in [0.1, 0.15) is 5.69 Å². The molecule has 1 unspecified atom stereocenters. The van der Waals surface area contributed by atoms with Crippen LogP contribution in [-0.2, 0) is 23.5 Å². The fourth-order valence-electron chi connectivity index (χ4n) is 5.98. The molecule has 41 heavy (non-hydrogen) atoms. The molecule has 1 aliphatic rings. The molecular formula is C36H26CuN3P+. The molecule has 0 saturated carbocycles. The Morgan fingerprint density at radius 1 is 0.561 bits per heavy atom. The van der Waals surface area contributed by atoms with Crippen molar-refractivity contribution in [2.24, 2.45) is 0 Å². The van der Waals surface area contributed by atoms with Gasteiger partial charge in [-0.15, -0.1) is 5.69 Å². The van der Waals surface area contributed by atoms with Crippen LogP contribution < -0.4 is 10.6 Å². The van der Waals surface area contributed by atoms with Crippen molar-refractivity contribution in [3.8, 4) is 11.3 Å². The van der Waals surface area contributed by atoms with E-state index in [9.17, 15) is 0 Å². The standard InChI is InChI=1S/C36H25N3P.Cu/c1-2-8-28(9-3-1)40-23-22-27-20-18-25-16-14-24-15-17-26-19-21-31(39-36(26)34(24)35(25)37-27)29-10-4-5-11-30(29)38-32-12-6-7-13-33(32)40;/h1-21H,22-23H2;/q-1;+1/p+1. The van der Waals surface area contributed by atoms with E-state index in [-0.39, 0.29) is 17.1 Å². The molecule has 8 rings (SSSR count). The minimum Gasteiger partial charge on any atom is -0.654 e. The number of hydrogen-bond donors (Lipinski definition) is 0. The number of hydrogen-bond acceptors (Lipinski definition) is 2. The van der Waals surface area contributed by atoms with E-state index >= 15 is 0 Å². The molecule has 7 aromatic rings. The van der Waals surface area contributed by atoms with Crippen LogP contribution in [0, 0.1) is 0 Å². The van der Waals surface area contributed by atoms with Gasteiger partial charge in [0.05, 0.1) is 41.4 Å². The average molecular weight is 595 g/mol. The molecule has 0 aliphatic carbocycles. The third-order valence-electron chi connectivity index (χ3n) is 7.96. The summed E-state index contributed by atoms with van der Waals surface area (Å²) in [4.78, 5) is 10.6. The monoisotopic (exact) mass is 594 g/mol. The Kier molecular flexibility index (Phi) is 6.77. The van der Waals surface area contributed by atoms with Crippen LogP contribution in [0.3, 0.4) is 0 Å². The van der Waals surface area contributed by atoms with Gasteiger partial charge in [0, 0.05) is 28.3 Å². The van der Waals surface area contributed by atoms with Gasteiger partial charge in [0.25, 0.3) is 0 Å². The Bertz CT molecular complexity index is 2050. The number of benzene rings is 5. The molecule has 5 heteroatoms. The zero-order valence-electron chi connectivity index (χ0n) is 22.2.